The summed E-state index contributed by atoms with van der Waals surface area (Å²) in [6.07, 6.45) is 1.92. The Balaban J connectivity index is 2.06. The molecule has 1 fully saturated rings. The SMILES string of the molecule is CSCC1=C(C(=O)OCOC(=O)C(C)(C)C)N2C(=O)C(N)[C@H]2SC1. The lowest BCUT2D eigenvalue weighted by Gasteiger charge is -2.48. The van der Waals surface area contributed by atoms with Crippen molar-refractivity contribution in [3.8, 4) is 0 Å². The van der Waals surface area contributed by atoms with Crippen LogP contribution in [0.4, 0.5) is 0 Å². The summed E-state index contributed by atoms with van der Waals surface area (Å²) in [6.45, 7) is 4.65. The second kappa shape index (κ2) is 7.37. The molecule has 2 aliphatic rings. The van der Waals surface area contributed by atoms with Gasteiger partial charge in [0, 0.05) is 11.5 Å². The summed E-state index contributed by atoms with van der Waals surface area (Å²) < 4.78 is 10.0. The van der Waals surface area contributed by atoms with Crippen molar-refractivity contribution in [3.63, 3.8) is 0 Å². The normalized spacial score (nSPS) is 23.5. The van der Waals surface area contributed by atoms with E-state index in [4.69, 9.17) is 15.2 Å². The quantitative estimate of drug-likeness (QED) is 0.431. The van der Waals surface area contributed by atoms with Crippen LogP contribution >= 0.6 is 23.5 Å². The predicted molar refractivity (Wildman–Crippen MR) is 93.0 cm³/mol. The number of β-lactam (4-membered cyclic amide) rings is 1. The van der Waals surface area contributed by atoms with Gasteiger partial charge in [-0.1, -0.05) is 0 Å². The molecular formula is C15H22N2O5S2. The average Bonchev–Trinajstić information content (AvgIpc) is 2.52. The van der Waals surface area contributed by atoms with Crippen molar-refractivity contribution < 1.29 is 23.9 Å². The minimum atomic E-state index is -0.678. The highest BCUT2D eigenvalue weighted by Gasteiger charge is 2.52. The number of hydrogen-bond donors (Lipinski definition) is 1. The lowest BCUT2D eigenvalue weighted by atomic mass is 9.98. The molecule has 0 radical (unpaired) electrons. The van der Waals surface area contributed by atoms with Crippen LogP contribution in [0.25, 0.3) is 0 Å². The maximum Gasteiger partial charge on any atom is 0.357 e. The molecule has 0 aromatic rings. The highest BCUT2D eigenvalue weighted by Crippen LogP contribution is 2.40. The number of esters is 2. The van der Waals surface area contributed by atoms with Crippen LogP contribution in [0.5, 0.6) is 0 Å². The third kappa shape index (κ3) is 3.73. The van der Waals surface area contributed by atoms with E-state index in [-0.39, 0.29) is 17.0 Å². The van der Waals surface area contributed by atoms with Crippen molar-refractivity contribution in [2.45, 2.75) is 32.2 Å². The van der Waals surface area contributed by atoms with Gasteiger partial charge in [0.15, 0.2) is 0 Å². The van der Waals surface area contributed by atoms with E-state index in [1.54, 1.807) is 44.3 Å². The first-order valence-corrected chi connectivity index (χ1v) is 9.88. The van der Waals surface area contributed by atoms with Crippen molar-refractivity contribution in [2.75, 3.05) is 24.6 Å². The van der Waals surface area contributed by atoms with Crippen LogP contribution in [0.2, 0.25) is 0 Å². The Bertz CT molecular complexity index is 585. The number of nitrogens with zero attached hydrogens (tertiary/aromatic N) is 1. The minimum Gasteiger partial charge on any atom is -0.427 e. The summed E-state index contributed by atoms with van der Waals surface area (Å²) >= 11 is 3.10. The molecule has 2 rings (SSSR count). The Morgan fingerprint density at radius 3 is 2.62 bits per heavy atom. The summed E-state index contributed by atoms with van der Waals surface area (Å²) in [4.78, 5) is 37.6. The molecule has 1 amide bonds. The smallest absolute Gasteiger partial charge is 0.357 e. The number of carbonyl (C=O) groups is 3. The molecule has 1 saturated heterocycles. The number of nitrogens with two attached hydrogens (primary N) is 1. The van der Waals surface area contributed by atoms with E-state index in [2.05, 4.69) is 0 Å². The van der Waals surface area contributed by atoms with Crippen LogP contribution in [0, 0.1) is 5.41 Å². The average molecular weight is 374 g/mol. The molecular weight excluding hydrogens is 352 g/mol. The molecule has 7 nitrogen and oxygen atoms in total. The number of fused-ring (bicyclic) bond motifs is 1. The predicted octanol–water partition coefficient (Wildman–Crippen LogP) is 0.936. The van der Waals surface area contributed by atoms with Gasteiger partial charge in [-0.15, -0.1) is 11.8 Å². The first-order valence-electron chi connectivity index (χ1n) is 7.44. The number of amides is 1. The molecule has 24 heavy (non-hydrogen) atoms. The summed E-state index contributed by atoms with van der Waals surface area (Å²) in [5, 5.41) is -0.234. The number of carbonyl (C=O) groups excluding carboxylic acids is 3. The van der Waals surface area contributed by atoms with Crippen LogP contribution < -0.4 is 5.73 Å². The molecule has 9 heteroatoms. The highest BCUT2D eigenvalue weighted by atomic mass is 32.2. The van der Waals surface area contributed by atoms with E-state index in [9.17, 15) is 14.4 Å². The molecule has 0 spiro atoms. The van der Waals surface area contributed by atoms with Gasteiger partial charge in [0.05, 0.1) is 5.41 Å². The Labute approximate surface area is 149 Å². The van der Waals surface area contributed by atoms with E-state index in [0.717, 1.165) is 5.57 Å². The molecule has 2 N–H and O–H groups in total. The van der Waals surface area contributed by atoms with Gasteiger partial charge in [0.2, 0.25) is 12.7 Å². The Morgan fingerprint density at radius 1 is 1.38 bits per heavy atom. The van der Waals surface area contributed by atoms with Crippen LogP contribution in [0.1, 0.15) is 20.8 Å². The van der Waals surface area contributed by atoms with Crippen molar-refractivity contribution in [2.24, 2.45) is 11.1 Å². The standard InChI is InChI=1S/C15H22N2O5S2/c1-15(2,3)14(20)22-7-21-13(19)10-8(5-23-4)6-24-12-9(16)11(18)17(10)12/h9,12H,5-7,16H2,1-4H3/t9?,12-/m1/s1. The zero-order valence-corrected chi connectivity index (χ0v) is 15.8. The molecule has 0 aliphatic carbocycles. The minimum absolute atomic E-state index is 0.234. The molecule has 0 saturated carbocycles. The molecule has 2 aliphatic heterocycles. The maximum absolute atomic E-state index is 12.4. The van der Waals surface area contributed by atoms with Crippen LogP contribution in [-0.2, 0) is 23.9 Å². The highest BCUT2D eigenvalue weighted by molar-refractivity contribution is 8.00. The van der Waals surface area contributed by atoms with Crippen molar-refractivity contribution >= 4 is 41.4 Å². The van der Waals surface area contributed by atoms with Gasteiger partial charge in [-0.3, -0.25) is 14.5 Å². The molecule has 0 bridgehead atoms. The fourth-order valence-corrected chi connectivity index (χ4v) is 4.28. The fourth-order valence-electron chi connectivity index (χ4n) is 2.28. The van der Waals surface area contributed by atoms with Crippen LogP contribution in [0.15, 0.2) is 11.3 Å². The molecule has 134 valence electrons. The van der Waals surface area contributed by atoms with Gasteiger partial charge in [-0.25, -0.2) is 4.79 Å². The van der Waals surface area contributed by atoms with Crippen LogP contribution in [0.3, 0.4) is 0 Å². The summed E-state index contributed by atoms with van der Waals surface area (Å²) in [5.41, 5.74) is 6.18. The second-order valence-corrected chi connectivity index (χ2v) is 8.52. The van der Waals surface area contributed by atoms with E-state index in [1.165, 1.54) is 4.90 Å². The molecule has 0 aromatic carbocycles. The fraction of sp³-hybridized carbons (Fsp3) is 0.667. The Kier molecular flexibility index (Phi) is 5.87. The van der Waals surface area contributed by atoms with E-state index in [0.29, 0.717) is 11.5 Å². The lowest BCUT2D eigenvalue weighted by Crippen LogP contribution is -2.68. The van der Waals surface area contributed by atoms with Gasteiger partial charge in [-0.05, 0) is 32.6 Å². The Hall–Kier alpha value is -1.19. The summed E-state index contributed by atoms with van der Waals surface area (Å²) in [7, 11) is 0. The summed E-state index contributed by atoms with van der Waals surface area (Å²) in [5.74, 6) is -0.177. The van der Waals surface area contributed by atoms with Crippen molar-refractivity contribution in [3.05, 3.63) is 11.3 Å². The third-order valence-corrected chi connectivity index (χ3v) is 5.59. The van der Waals surface area contributed by atoms with Gasteiger partial charge in [0.1, 0.15) is 17.1 Å². The summed E-state index contributed by atoms with van der Waals surface area (Å²) in [6, 6.07) is -0.590. The number of rotatable bonds is 5. The van der Waals surface area contributed by atoms with Gasteiger partial charge in [-0.2, -0.15) is 11.8 Å². The number of thioether (sulfide) groups is 2. The molecule has 1 unspecified atom stereocenters. The van der Waals surface area contributed by atoms with Crippen molar-refractivity contribution in [1.82, 2.24) is 4.90 Å². The molecule has 2 atom stereocenters. The van der Waals surface area contributed by atoms with E-state index in [1.807, 2.05) is 6.26 Å². The van der Waals surface area contributed by atoms with Gasteiger partial charge >= 0.3 is 11.9 Å². The lowest BCUT2D eigenvalue weighted by molar-refractivity contribution is -0.173. The van der Waals surface area contributed by atoms with Crippen LogP contribution in [-0.4, -0.2) is 58.7 Å². The van der Waals surface area contributed by atoms with E-state index < -0.39 is 30.2 Å². The monoisotopic (exact) mass is 374 g/mol. The van der Waals surface area contributed by atoms with Gasteiger partial charge in [0.25, 0.3) is 0 Å². The molecule has 2 heterocycles. The largest absolute Gasteiger partial charge is 0.427 e. The van der Waals surface area contributed by atoms with Gasteiger partial charge < -0.3 is 15.2 Å². The maximum atomic E-state index is 12.4. The topological polar surface area (TPSA) is 98.9 Å². The van der Waals surface area contributed by atoms with Crippen molar-refractivity contribution in [1.29, 1.82) is 0 Å². The number of ether oxygens (including phenoxy) is 2. The molecule has 0 aromatic heterocycles. The second-order valence-electron chi connectivity index (χ2n) is 6.55. The first kappa shape index (κ1) is 19.1. The Morgan fingerprint density at radius 2 is 2.04 bits per heavy atom. The first-order chi connectivity index (χ1) is 11.2. The zero-order chi connectivity index (χ0) is 18.1. The zero-order valence-electron chi connectivity index (χ0n) is 14.2. The van der Waals surface area contributed by atoms with E-state index >= 15 is 0 Å². The third-order valence-electron chi connectivity index (χ3n) is 3.59. The number of hydrogen-bond acceptors (Lipinski definition) is 8.